The summed E-state index contributed by atoms with van der Waals surface area (Å²) < 4.78 is 0. The molecule has 5 nitrogen and oxygen atoms in total. The molecule has 0 radical (unpaired) electrons. The summed E-state index contributed by atoms with van der Waals surface area (Å²) in [4.78, 5) is 8.00. The normalized spacial score (nSPS) is 10.2. The van der Waals surface area contributed by atoms with Crippen LogP contribution in [0.25, 0.3) is 0 Å². The number of hydrogen-bond donors (Lipinski definition) is 3. The first kappa shape index (κ1) is 9.73. The summed E-state index contributed by atoms with van der Waals surface area (Å²) in [6, 6.07) is 1.81. The molecule has 72 valence electrons. The van der Waals surface area contributed by atoms with Crippen LogP contribution < -0.4 is 16.6 Å². The third-order valence-corrected chi connectivity index (χ3v) is 1.48. The van der Waals surface area contributed by atoms with E-state index in [4.69, 9.17) is 5.84 Å². The van der Waals surface area contributed by atoms with Gasteiger partial charge < -0.3 is 5.32 Å². The first-order valence-electron chi connectivity index (χ1n) is 4.26. The van der Waals surface area contributed by atoms with Gasteiger partial charge in [-0.15, -0.1) is 0 Å². The van der Waals surface area contributed by atoms with Crippen LogP contribution in [-0.4, -0.2) is 16.5 Å². The van der Waals surface area contributed by atoms with Gasteiger partial charge in [-0.3, -0.25) is 5.43 Å². The molecular weight excluding hydrogens is 166 g/mol. The monoisotopic (exact) mass is 181 g/mol. The average molecular weight is 181 g/mol. The molecule has 0 saturated carbocycles. The van der Waals surface area contributed by atoms with Gasteiger partial charge in [0.25, 0.3) is 0 Å². The fourth-order valence-corrected chi connectivity index (χ4v) is 0.835. The Labute approximate surface area is 77.7 Å². The number of nitrogen functional groups attached to an aromatic ring is 1. The molecule has 4 N–H and O–H groups in total. The van der Waals surface area contributed by atoms with Gasteiger partial charge in [0.15, 0.2) is 0 Å². The lowest BCUT2D eigenvalue weighted by atomic mass is 10.2. The van der Waals surface area contributed by atoms with E-state index in [9.17, 15) is 0 Å². The highest BCUT2D eigenvalue weighted by atomic mass is 15.3. The fraction of sp³-hybridized carbons (Fsp3) is 0.500. The molecule has 13 heavy (non-hydrogen) atoms. The lowest BCUT2D eigenvalue weighted by molar-refractivity contribution is 0.687. The van der Waals surface area contributed by atoms with E-state index in [1.165, 1.54) is 0 Å². The molecule has 0 atom stereocenters. The van der Waals surface area contributed by atoms with Crippen LogP contribution in [0.2, 0.25) is 0 Å². The second-order valence-electron chi connectivity index (χ2n) is 3.18. The maximum absolute atomic E-state index is 5.17. The van der Waals surface area contributed by atoms with Crippen LogP contribution in [0.3, 0.4) is 0 Å². The largest absolute Gasteiger partial charge is 0.370 e. The number of hydrazine groups is 1. The van der Waals surface area contributed by atoms with E-state index in [1.807, 2.05) is 6.07 Å². The summed E-state index contributed by atoms with van der Waals surface area (Å²) in [5.74, 6) is 6.97. The van der Waals surface area contributed by atoms with Crippen molar-refractivity contribution in [1.82, 2.24) is 9.97 Å². The molecule has 0 amide bonds. The van der Waals surface area contributed by atoms with Crippen LogP contribution >= 0.6 is 0 Å². The SMILES string of the molecule is CC(C)CNc1ccnc(NN)n1. The predicted molar refractivity (Wildman–Crippen MR) is 53.2 cm³/mol. The summed E-state index contributed by atoms with van der Waals surface area (Å²) in [7, 11) is 0. The highest BCUT2D eigenvalue weighted by Crippen LogP contribution is 2.05. The molecule has 0 aliphatic rings. The molecule has 5 heteroatoms. The van der Waals surface area contributed by atoms with E-state index < -0.39 is 0 Å². The van der Waals surface area contributed by atoms with E-state index in [1.54, 1.807) is 6.20 Å². The van der Waals surface area contributed by atoms with Crippen molar-refractivity contribution in [2.24, 2.45) is 11.8 Å². The van der Waals surface area contributed by atoms with E-state index in [0.717, 1.165) is 12.4 Å². The van der Waals surface area contributed by atoms with E-state index in [0.29, 0.717) is 11.9 Å². The zero-order chi connectivity index (χ0) is 9.68. The maximum Gasteiger partial charge on any atom is 0.239 e. The van der Waals surface area contributed by atoms with Gasteiger partial charge in [0, 0.05) is 12.7 Å². The molecule has 0 aliphatic carbocycles. The Bertz CT molecular complexity index is 260. The van der Waals surface area contributed by atoms with Crippen molar-refractivity contribution in [1.29, 1.82) is 0 Å². The second kappa shape index (κ2) is 4.61. The minimum atomic E-state index is 0.425. The van der Waals surface area contributed by atoms with Gasteiger partial charge >= 0.3 is 0 Å². The summed E-state index contributed by atoms with van der Waals surface area (Å²) in [5, 5.41) is 3.17. The number of aromatic nitrogens is 2. The molecule has 0 bridgehead atoms. The van der Waals surface area contributed by atoms with E-state index >= 15 is 0 Å². The Kier molecular flexibility index (Phi) is 3.45. The lowest BCUT2D eigenvalue weighted by Gasteiger charge is -2.08. The topological polar surface area (TPSA) is 75.9 Å². The van der Waals surface area contributed by atoms with Gasteiger partial charge in [-0.25, -0.2) is 10.8 Å². The molecule has 0 spiro atoms. The first-order valence-corrected chi connectivity index (χ1v) is 4.26. The number of anilines is 2. The molecule has 1 aromatic rings. The Morgan fingerprint density at radius 1 is 1.54 bits per heavy atom. The Hall–Kier alpha value is -1.36. The van der Waals surface area contributed by atoms with Crippen LogP contribution in [0.1, 0.15) is 13.8 Å². The van der Waals surface area contributed by atoms with Crippen LogP contribution in [-0.2, 0) is 0 Å². The number of rotatable bonds is 4. The molecule has 1 heterocycles. The molecule has 1 rings (SSSR count). The van der Waals surface area contributed by atoms with Crippen molar-refractivity contribution in [2.75, 3.05) is 17.3 Å². The van der Waals surface area contributed by atoms with Crippen molar-refractivity contribution in [2.45, 2.75) is 13.8 Å². The highest BCUT2D eigenvalue weighted by Gasteiger charge is 1.97. The number of nitrogens with two attached hydrogens (primary N) is 1. The average Bonchev–Trinajstić information content (AvgIpc) is 2.15. The lowest BCUT2D eigenvalue weighted by Crippen LogP contribution is -2.13. The zero-order valence-electron chi connectivity index (χ0n) is 7.91. The minimum Gasteiger partial charge on any atom is -0.370 e. The standard InChI is InChI=1S/C8H15N5/c1-6(2)5-11-7-3-4-10-8(12-7)13-9/h3-4,6H,5,9H2,1-2H3,(H2,10,11,12,13). The van der Waals surface area contributed by atoms with Gasteiger partial charge in [-0.2, -0.15) is 4.98 Å². The highest BCUT2D eigenvalue weighted by molar-refractivity contribution is 5.38. The molecule has 0 aromatic carbocycles. The minimum absolute atomic E-state index is 0.425. The smallest absolute Gasteiger partial charge is 0.239 e. The third-order valence-electron chi connectivity index (χ3n) is 1.48. The van der Waals surface area contributed by atoms with Crippen molar-refractivity contribution in [3.63, 3.8) is 0 Å². The van der Waals surface area contributed by atoms with Crippen LogP contribution in [0.5, 0.6) is 0 Å². The molecular formula is C8H15N5. The van der Waals surface area contributed by atoms with Crippen LogP contribution in [0.15, 0.2) is 12.3 Å². The molecule has 1 aromatic heterocycles. The number of nitrogens with zero attached hydrogens (tertiary/aromatic N) is 2. The van der Waals surface area contributed by atoms with Crippen LogP contribution in [0, 0.1) is 5.92 Å². The predicted octanol–water partition coefficient (Wildman–Crippen LogP) is 0.830. The molecule has 0 fully saturated rings. The summed E-state index contributed by atoms with van der Waals surface area (Å²) in [6.07, 6.45) is 1.66. The van der Waals surface area contributed by atoms with Gasteiger partial charge in [0.2, 0.25) is 5.95 Å². The summed E-state index contributed by atoms with van der Waals surface area (Å²) >= 11 is 0. The van der Waals surface area contributed by atoms with Crippen molar-refractivity contribution in [3.05, 3.63) is 12.3 Å². The van der Waals surface area contributed by atoms with E-state index in [-0.39, 0.29) is 0 Å². The van der Waals surface area contributed by atoms with Crippen molar-refractivity contribution in [3.8, 4) is 0 Å². The Balaban J connectivity index is 2.56. The fourth-order valence-electron chi connectivity index (χ4n) is 0.835. The van der Waals surface area contributed by atoms with Gasteiger partial charge in [0.05, 0.1) is 0 Å². The molecule has 0 aliphatic heterocycles. The van der Waals surface area contributed by atoms with Crippen LogP contribution in [0.4, 0.5) is 11.8 Å². The summed E-state index contributed by atoms with van der Waals surface area (Å²) in [6.45, 7) is 5.16. The van der Waals surface area contributed by atoms with Crippen molar-refractivity contribution < 1.29 is 0 Å². The quantitative estimate of drug-likeness (QED) is 0.474. The Morgan fingerprint density at radius 3 is 2.92 bits per heavy atom. The van der Waals surface area contributed by atoms with E-state index in [2.05, 4.69) is 34.6 Å². The summed E-state index contributed by atoms with van der Waals surface area (Å²) in [5.41, 5.74) is 2.39. The molecule has 0 unspecified atom stereocenters. The maximum atomic E-state index is 5.17. The van der Waals surface area contributed by atoms with Gasteiger partial charge in [0.1, 0.15) is 5.82 Å². The molecule has 0 saturated heterocycles. The first-order chi connectivity index (χ1) is 6.22. The number of hydrogen-bond acceptors (Lipinski definition) is 5. The van der Waals surface area contributed by atoms with Gasteiger partial charge in [-0.05, 0) is 12.0 Å². The van der Waals surface area contributed by atoms with Gasteiger partial charge in [-0.1, -0.05) is 13.8 Å². The second-order valence-corrected chi connectivity index (χ2v) is 3.18. The van der Waals surface area contributed by atoms with Crippen molar-refractivity contribution >= 4 is 11.8 Å². The zero-order valence-corrected chi connectivity index (χ0v) is 7.91. The Morgan fingerprint density at radius 2 is 2.31 bits per heavy atom. The number of nitrogens with one attached hydrogen (secondary N) is 2. The third kappa shape index (κ3) is 3.25.